The molecule has 8 aromatic heterocycles. The van der Waals surface area contributed by atoms with Crippen LogP contribution in [0, 0.1) is 38.3 Å². The van der Waals surface area contributed by atoms with Gasteiger partial charge in [-0.2, -0.15) is 39.1 Å². The monoisotopic (exact) mass is 1420 g/mol. The van der Waals surface area contributed by atoms with Crippen LogP contribution in [0.2, 0.25) is 0 Å². The summed E-state index contributed by atoms with van der Waals surface area (Å²) >= 11 is 2.15. The minimum absolute atomic E-state index is 0.225. The van der Waals surface area contributed by atoms with Crippen LogP contribution in [-0.4, -0.2) is 118 Å². The molecule has 0 saturated heterocycles. The molecule has 0 spiro atoms. The van der Waals surface area contributed by atoms with E-state index in [-0.39, 0.29) is 49.2 Å². The molecule has 0 unspecified atom stereocenters. The molecule has 0 atom stereocenters. The predicted octanol–water partition coefficient (Wildman–Crippen LogP) is 4.70. The molecule has 1 aliphatic carbocycles. The fraction of sp³-hybridized carbons (Fsp3) is 0.355. The van der Waals surface area contributed by atoms with Crippen LogP contribution >= 0.6 is 22.6 Å². The topological polar surface area (TPSA) is 319 Å². The number of halogens is 1. The summed E-state index contributed by atoms with van der Waals surface area (Å²) < 4.78 is 71.3. The van der Waals surface area contributed by atoms with Crippen LogP contribution in [0.5, 0.6) is 23.0 Å². The van der Waals surface area contributed by atoms with Crippen molar-refractivity contribution in [1.82, 2.24) is 118 Å². The van der Waals surface area contributed by atoms with Crippen molar-refractivity contribution >= 4 is 22.6 Å². The Morgan fingerprint density at radius 2 is 0.726 bits per heavy atom. The molecule has 32 nitrogen and oxygen atoms in total. The molecule has 13 rings (SSSR count). The number of aryl methyl sites for hydroxylation is 12. The highest BCUT2D eigenvalue weighted by Gasteiger charge is 2.33. The highest BCUT2D eigenvalue weighted by atomic mass is 127. The average Bonchev–Trinajstić information content (AvgIpc) is 1.66. The van der Waals surface area contributed by atoms with Gasteiger partial charge in [-0.3, -0.25) is 18.7 Å². The second-order valence-electron chi connectivity index (χ2n) is 22.1. The Bertz CT molecular complexity index is 5040. The van der Waals surface area contributed by atoms with Gasteiger partial charge in [0, 0.05) is 73.7 Å². The van der Waals surface area contributed by atoms with Gasteiger partial charge in [-0.05, 0) is 165 Å². The molecular formula is C62H73IN24O8. The average molecular weight is 1420 g/mol. The van der Waals surface area contributed by atoms with Gasteiger partial charge in [0.05, 0.1) is 33.4 Å². The van der Waals surface area contributed by atoms with Gasteiger partial charge in [0.1, 0.15) is 53.1 Å². The van der Waals surface area contributed by atoms with E-state index in [4.69, 9.17) is 24.4 Å². The van der Waals surface area contributed by atoms with E-state index < -0.39 is 0 Å². The Morgan fingerprint density at radius 3 is 1.08 bits per heavy atom. The zero-order valence-electron chi connectivity index (χ0n) is 58.8. The SMILES string of the molecule is [3H]c1ccc(OCc2c(-n3nnn(C)c3=O)nn(C)c2C)c(C)c1.[3H]c1ccc(OCc2c(-n3nnn(C)c3=O)nn(C)c2C2CC2)c(C)c1.[3H]c1ccc(OCc2c(-n3nnn(C)c3=O)nn(C)c2CC)c(C)c1.[3H]c1ccc(OCc2c(-n3nnn(C)c3=O)nn(C)c2I)c(C)c1. The molecule has 95 heavy (non-hydrogen) atoms. The zero-order chi connectivity index (χ0) is 71.4. The number of hydrogen-bond donors (Lipinski definition) is 0. The van der Waals surface area contributed by atoms with Gasteiger partial charge in [-0.1, -0.05) is 79.6 Å². The maximum atomic E-state index is 12.3. The number of rotatable bonds is 18. The van der Waals surface area contributed by atoms with Crippen LogP contribution < -0.4 is 41.7 Å². The number of ether oxygens (including phenoxy) is 4. The lowest BCUT2D eigenvalue weighted by atomic mass is 10.1. The molecule has 0 radical (unpaired) electrons. The Labute approximate surface area is 562 Å². The first-order valence-corrected chi connectivity index (χ1v) is 30.8. The molecule has 12 aromatic rings. The van der Waals surface area contributed by atoms with Crippen LogP contribution in [0.25, 0.3) is 23.3 Å². The van der Waals surface area contributed by atoms with Crippen molar-refractivity contribution in [3.63, 3.8) is 0 Å². The minimum atomic E-state index is -0.375. The third-order valence-electron chi connectivity index (χ3n) is 15.5. The molecular weight excluding hydrogens is 1340 g/mol. The van der Waals surface area contributed by atoms with E-state index in [1.54, 1.807) is 108 Å². The molecule has 496 valence electrons. The lowest BCUT2D eigenvalue weighted by Gasteiger charge is -2.10. The molecule has 1 aliphatic rings. The molecule has 33 heteroatoms. The molecule has 1 fully saturated rings. The van der Waals surface area contributed by atoms with Crippen molar-refractivity contribution in [3.05, 3.63) is 204 Å². The van der Waals surface area contributed by atoms with Crippen molar-refractivity contribution in [3.8, 4) is 46.3 Å². The van der Waals surface area contributed by atoms with Crippen LogP contribution in [0.1, 0.15) is 92.8 Å². The summed E-state index contributed by atoms with van der Waals surface area (Å²) in [7, 11) is 13.4. The van der Waals surface area contributed by atoms with E-state index in [0.29, 0.717) is 76.4 Å². The van der Waals surface area contributed by atoms with Gasteiger partial charge in [-0.15, -0.1) is 18.7 Å². The predicted molar refractivity (Wildman–Crippen MR) is 354 cm³/mol. The quantitative estimate of drug-likeness (QED) is 0.105. The van der Waals surface area contributed by atoms with Gasteiger partial charge in [0.25, 0.3) is 0 Å². The lowest BCUT2D eigenvalue weighted by molar-refractivity contribution is 0.302. The number of tetrazole rings is 4. The minimum Gasteiger partial charge on any atom is -0.488 e. The molecule has 0 aliphatic heterocycles. The second kappa shape index (κ2) is 29.0. The summed E-state index contributed by atoms with van der Waals surface area (Å²) in [5.41, 5.74) is 8.13. The fourth-order valence-electron chi connectivity index (χ4n) is 9.92. The van der Waals surface area contributed by atoms with E-state index in [1.807, 2.05) is 60.3 Å². The number of aromatic nitrogens is 24. The third-order valence-corrected chi connectivity index (χ3v) is 16.8. The third kappa shape index (κ3) is 14.5. The van der Waals surface area contributed by atoms with E-state index >= 15 is 0 Å². The van der Waals surface area contributed by atoms with Crippen LogP contribution in [-0.2, 0) is 89.2 Å². The number of nitrogens with zero attached hydrogens (tertiary/aromatic N) is 24. The smallest absolute Gasteiger partial charge is 0.369 e. The zero-order valence-corrected chi connectivity index (χ0v) is 57.0. The Hall–Kier alpha value is -10.9. The van der Waals surface area contributed by atoms with Crippen LogP contribution in [0.4, 0.5) is 0 Å². The van der Waals surface area contributed by atoms with Gasteiger partial charge >= 0.3 is 22.8 Å². The molecule has 0 bridgehead atoms. The van der Waals surface area contributed by atoms with Crippen molar-refractivity contribution in [2.24, 2.45) is 56.4 Å². The maximum Gasteiger partial charge on any atom is 0.369 e. The van der Waals surface area contributed by atoms with Gasteiger partial charge in [0.2, 0.25) is 0 Å². The summed E-state index contributed by atoms with van der Waals surface area (Å²) in [6.07, 6.45) is 2.95. The molecule has 4 aromatic carbocycles. The van der Waals surface area contributed by atoms with Gasteiger partial charge < -0.3 is 18.9 Å². The molecule has 0 N–H and O–H groups in total. The molecule has 0 amide bonds. The van der Waals surface area contributed by atoms with E-state index in [0.717, 1.165) is 108 Å². The Balaban J connectivity index is 0.000000143. The maximum absolute atomic E-state index is 12.3. The molecule has 8 heterocycles. The summed E-state index contributed by atoms with van der Waals surface area (Å²) in [6, 6.07) is 22.5. The second-order valence-corrected chi connectivity index (χ2v) is 23.2. The first kappa shape index (κ1) is 61.6. The highest BCUT2D eigenvalue weighted by Crippen LogP contribution is 2.43. The summed E-state index contributed by atoms with van der Waals surface area (Å²) in [4.78, 5) is 48.7. The van der Waals surface area contributed by atoms with E-state index in [1.165, 1.54) is 35.2 Å². The standard InChI is InChI=1S/C17H20N6O2.C16H20N6O2.C15H18N6O2.C14H15IN6O2/c1-11-6-4-5-7-14(11)25-10-13-15(12-8-9-12)21(2)18-16(13)23-17(24)22(3)19-20-23;1-5-13-12(10-24-14-9-7-6-8-11(14)2)15(17-20(13)3)22-16(23)21(4)18-19-22;1-10-7-5-6-8-13(10)23-9-12-11(2)19(3)16-14(12)21-15(22)20(4)17-18-21;1-9-6-4-5-7-11(9)23-8-10-12(15)19(2)16-13(10)21-14(22)20(3)17-18-21/h4-7,12H,8-10H2,1-3H3;6-9H,5,10H2,1-4H3;5-8H,9H2,1-4H3;4-7H,8H2,1-3H3/i4T;6T;5T;4T. The highest BCUT2D eigenvalue weighted by molar-refractivity contribution is 14.1. The summed E-state index contributed by atoms with van der Waals surface area (Å²) in [5.74, 6) is 4.90. The number of benzene rings is 4. The number of para-hydroxylation sites is 4. The van der Waals surface area contributed by atoms with Crippen LogP contribution in [0.3, 0.4) is 0 Å². The summed E-state index contributed by atoms with van der Waals surface area (Å²) in [6.45, 7) is 12.5. The fourth-order valence-corrected chi connectivity index (χ4v) is 10.4. The largest absolute Gasteiger partial charge is 0.488 e. The lowest BCUT2D eigenvalue weighted by Crippen LogP contribution is -2.23. The van der Waals surface area contributed by atoms with Crippen molar-refractivity contribution in [2.75, 3.05) is 0 Å². The van der Waals surface area contributed by atoms with Crippen molar-refractivity contribution < 1.29 is 24.4 Å². The van der Waals surface area contributed by atoms with Crippen molar-refractivity contribution in [1.29, 1.82) is 0 Å². The van der Waals surface area contributed by atoms with Crippen molar-refractivity contribution in [2.45, 2.75) is 93.2 Å². The Morgan fingerprint density at radius 1 is 0.411 bits per heavy atom. The van der Waals surface area contributed by atoms with E-state index in [9.17, 15) is 19.2 Å². The van der Waals surface area contributed by atoms with Gasteiger partial charge in [-0.25, -0.2) is 19.2 Å². The Kier molecular flexibility index (Phi) is 18.8. The summed E-state index contributed by atoms with van der Waals surface area (Å²) in [5, 5.41) is 48.1. The van der Waals surface area contributed by atoms with Gasteiger partial charge in [0.15, 0.2) is 23.3 Å². The first-order chi connectivity index (χ1) is 47.1. The number of hydrogen-bond acceptors (Lipinski definition) is 20. The normalized spacial score (nSPS) is 12.4. The van der Waals surface area contributed by atoms with E-state index in [2.05, 4.69) is 84.7 Å². The van der Waals surface area contributed by atoms with Crippen LogP contribution in [0.15, 0.2) is 116 Å². The first-order valence-electron chi connectivity index (χ1n) is 31.8. The molecule has 1 saturated carbocycles.